The summed E-state index contributed by atoms with van der Waals surface area (Å²) in [6.07, 6.45) is 3.85. The monoisotopic (exact) mass is 367 g/mol. The van der Waals surface area contributed by atoms with Gasteiger partial charge in [0.15, 0.2) is 5.96 Å². The predicted octanol–water partition coefficient (Wildman–Crippen LogP) is 3.56. The Balaban J connectivity index is 1.63. The summed E-state index contributed by atoms with van der Waals surface area (Å²) in [6, 6.07) is 12.8. The average Bonchev–Trinajstić information content (AvgIpc) is 3.30. The summed E-state index contributed by atoms with van der Waals surface area (Å²) in [4.78, 5) is 10.3. The largest absolute Gasteiger partial charge is 0.357 e. The molecule has 6 heteroatoms. The first kappa shape index (κ1) is 18.2. The molecule has 3 rings (SSSR count). The summed E-state index contributed by atoms with van der Waals surface area (Å²) in [6.45, 7) is 7.22. The molecular weight excluding hydrogens is 342 g/mol. The molecule has 0 radical (unpaired) electrons. The molecule has 3 aromatic rings. The minimum atomic E-state index is 0.649. The van der Waals surface area contributed by atoms with Crippen molar-refractivity contribution in [2.75, 3.05) is 6.54 Å². The number of aliphatic imine (C=N–C) groups is 1. The predicted molar refractivity (Wildman–Crippen MR) is 108 cm³/mol. The van der Waals surface area contributed by atoms with Crippen LogP contribution in [0.3, 0.4) is 0 Å². The number of aryl methyl sites for hydroxylation is 1. The van der Waals surface area contributed by atoms with Crippen LogP contribution in [0.2, 0.25) is 0 Å². The maximum absolute atomic E-state index is 4.72. The fourth-order valence-corrected chi connectivity index (χ4v) is 3.33. The summed E-state index contributed by atoms with van der Waals surface area (Å²) in [5, 5.41) is 8.79. The minimum Gasteiger partial charge on any atom is -0.357 e. The van der Waals surface area contributed by atoms with E-state index in [1.807, 2.05) is 19.3 Å². The molecule has 0 amide bonds. The van der Waals surface area contributed by atoms with Crippen molar-refractivity contribution in [1.82, 2.24) is 20.2 Å². The molecule has 0 atom stereocenters. The van der Waals surface area contributed by atoms with Crippen LogP contribution < -0.4 is 10.6 Å². The SMILES string of the molecule is CCNC(=NCc1cccc(Cn2ccnc2C)c1)NCc1cccs1. The summed E-state index contributed by atoms with van der Waals surface area (Å²) < 4.78 is 2.15. The van der Waals surface area contributed by atoms with E-state index >= 15 is 0 Å². The van der Waals surface area contributed by atoms with E-state index in [2.05, 4.69) is 68.9 Å². The standard InChI is InChI=1S/C20H25N5S/c1-3-21-20(24-14-19-8-5-11-26-19)23-13-17-6-4-7-18(12-17)15-25-10-9-22-16(25)2/h4-12H,3,13-15H2,1-2H3,(H2,21,23,24). The van der Waals surface area contributed by atoms with Crippen molar-refractivity contribution in [2.45, 2.75) is 33.5 Å². The van der Waals surface area contributed by atoms with Crippen LogP contribution >= 0.6 is 11.3 Å². The lowest BCUT2D eigenvalue weighted by Gasteiger charge is -2.11. The van der Waals surface area contributed by atoms with Crippen LogP contribution in [0.15, 0.2) is 59.2 Å². The van der Waals surface area contributed by atoms with Gasteiger partial charge < -0.3 is 15.2 Å². The average molecular weight is 368 g/mol. The van der Waals surface area contributed by atoms with E-state index in [-0.39, 0.29) is 0 Å². The van der Waals surface area contributed by atoms with Gasteiger partial charge in [-0.25, -0.2) is 9.98 Å². The summed E-state index contributed by atoms with van der Waals surface area (Å²) >= 11 is 1.75. The van der Waals surface area contributed by atoms with Gasteiger partial charge in [-0.2, -0.15) is 0 Å². The van der Waals surface area contributed by atoms with Crippen molar-refractivity contribution >= 4 is 17.3 Å². The number of nitrogens with one attached hydrogen (secondary N) is 2. The van der Waals surface area contributed by atoms with Crippen LogP contribution in [0.5, 0.6) is 0 Å². The maximum Gasteiger partial charge on any atom is 0.191 e. The van der Waals surface area contributed by atoms with Crippen LogP contribution in [0, 0.1) is 6.92 Å². The third-order valence-corrected chi connectivity index (χ3v) is 4.92. The molecule has 0 saturated heterocycles. The molecular formula is C20H25N5S. The topological polar surface area (TPSA) is 54.2 Å². The molecule has 0 spiro atoms. The van der Waals surface area contributed by atoms with E-state index < -0.39 is 0 Å². The Hall–Kier alpha value is -2.60. The zero-order valence-electron chi connectivity index (χ0n) is 15.3. The summed E-state index contributed by atoms with van der Waals surface area (Å²) in [7, 11) is 0. The second-order valence-electron chi connectivity index (χ2n) is 6.05. The second kappa shape index (κ2) is 9.20. The van der Waals surface area contributed by atoms with E-state index in [4.69, 9.17) is 4.99 Å². The third-order valence-electron chi connectivity index (χ3n) is 4.04. The molecule has 2 heterocycles. The van der Waals surface area contributed by atoms with Crippen LogP contribution in [0.4, 0.5) is 0 Å². The molecule has 0 aliphatic rings. The van der Waals surface area contributed by atoms with E-state index in [1.54, 1.807) is 11.3 Å². The Morgan fingerprint density at radius 2 is 2.08 bits per heavy atom. The fourth-order valence-electron chi connectivity index (χ4n) is 2.69. The molecule has 136 valence electrons. The van der Waals surface area contributed by atoms with Crippen molar-refractivity contribution in [3.63, 3.8) is 0 Å². The lowest BCUT2D eigenvalue weighted by Crippen LogP contribution is -2.36. The molecule has 26 heavy (non-hydrogen) atoms. The Morgan fingerprint density at radius 1 is 1.19 bits per heavy atom. The number of hydrogen-bond donors (Lipinski definition) is 2. The van der Waals surface area contributed by atoms with Gasteiger partial charge in [0, 0.05) is 30.4 Å². The molecule has 0 fully saturated rings. The second-order valence-corrected chi connectivity index (χ2v) is 7.08. The van der Waals surface area contributed by atoms with Crippen LogP contribution in [-0.4, -0.2) is 22.1 Å². The Labute approximate surface area is 158 Å². The quantitative estimate of drug-likeness (QED) is 0.496. The van der Waals surface area contributed by atoms with Crippen molar-refractivity contribution in [1.29, 1.82) is 0 Å². The molecule has 2 N–H and O–H groups in total. The lowest BCUT2D eigenvalue weighted by molar-refractivity contribution is 0.760. The van der Waals surface area contributed by atoms with Crippen LogP contribution in [0.1, 0.15) is 28.8 Å². The normalized spacial score (nSPS) is 11.5. The summed E-state index contributed by atoms with van der Waals surface area (Å²) in [5.74, 6) is 1.87. The molecule has 1 aromatic carbocycles. The first-order valence-corrected chi connectivity index (χ1v) is 9.72. The number of aromatic nitrogens is 2. The first-order chi connectivity index (χ1) is 12.7. The van der Waals surface area contributed by atoms with Crippen molar-refractivity contribution in [3.8, 4) is 0 Å². The number of benzene rings is 1. The van der Waals surface area contributed by atoms with Crippen molar-refractivity contribution in [2.24, 2.45) is 4.99 Å². The van der Waals surface area contributed by atoms with E-state index in [9.17, 15) is 0 Å². The fraction of sp³-hybridized carbons (Fsp3) is 0.300. The number of hydrogen-bond acceptors (Lipinski definition) is 3. The molecule has 2 aromatic heterocycles. The van der Waals surface area contributed by atoms with Gasteiger partial charge in [0.25, 0.3) is 0 Å². The molecule has 0 bridgehead atoms. The highest BCUT2D eigenvalue weighted by Gasteiger charge is 2.02. The molecule has 5 nitrogen and oxygen atoms in total. The number of guanidine groups is 1. The van der Waals surface area contributed by atoms with Gasteiger partial charge >= 0.3 is 0 Å². The maximum atomic E-state index is 4.72. The number of nitrogens with zero attached hydrogens (tertiary/aromatic N) is 3. The van der Waals surface area contributed by atoms with E-state index in [0.29, 0.717) is 6.54 Å². The zero-order chi connectivity index (χ0) is 18.2. The molecule has 0 unspecified atom stereocenters. The van der Waals surface area contributed by atoms with Crippen LogP contribution in [-0.2, 0) is 19.6 Å². The number of imidazole rings is 1. The number of rotatable bonds is 7. The number of thiophene rings is 1. The Kier molecular flexibility index (Phi) is 6.44. The van der Waals surface area contributed by atoms with Gasteiger partial charge in [0.1, 0.15) is 5.82 Å². The zero-order valence-corrected chi connectivity index (χ0v) is 16.1. The highest BCUT2D eigenvalue weighted by molar-refractivity contribution is 7.09. The highest BCUT2D eigenvalue weighted by atomic mass is 32.1. The van der Waals surface area contributed by atoms with Gasteiger partial charge in [-0.3, -0.25) is 0 Å². The van der Waals surface area contributed by atoms with Gasteiger partial charge in [-0.05, 0) is 36.4 Å². The molecule has 0 aliphatic carbocycles. The Morgan fingerprint density at radius 3 is 2.81 bits per heavy atom. The van der Waals surface area contributed by atoms with Gasteiger partial charge in [0.05, 0.1) is 13.1 Å². The smallest absolute Gasteiger partial charge is 0.191 e. The minimum absolute atomic E-state index is 0.649. The van der Waals surface area contributed by atoms with E-state index in [1.165, 1.54) is 16.0 Å². The Bertz CT molecular complexity index is 836. The van der Waals surface area contributed by atoms with Gasteiger partial charge in [-0.1, -0.05) is 30.3 Å². The highest BCUT2D eigenvalue weighted by Crippen LogP contribution is 2.10. The van der Waals surface area contributed by atoms with Crippen molar-refractivity contribution in [3.05, 3.63) is 76.0 Å². The summed E-state index contributed by atoms with van der Waals surface area (Å²) in [5.41, 5.74) is 2.46. The third kappa shape index (κ3) is 5.20. The van der Waals surface area contributed by atoms with Crippen molar-refractivity contribution < 1.29 is 0 Å². The van der Waals surface area contributed by atoms with Gasteiger partial charge in [0.2, 0.25) is 0 Å². The van der Waals surface area contributed by atoms with Crippen LogP contribution in [0.25, 0.3) is 0 Å². The van der Waals surface area contributed by atoms with E-state index in [0.717, 1.165) is 31.4 Å². The van der Waals surface area contributed by atoms with Gasteiger partial charge in [-0.15, -0.1) is 11.3 Å². The molecule has 0 saturated carbocycles. The first-order valence-electron chi connectivity index (χ1n) is 8.84. The lowest BCUT2D eigenvalue weighted by atomic mass is 10.1. The molecule has 0 aliphatic heterocycles.